The molecule has 4 nitrogen and oxygen atoms in total. The lowest BCUT2D eigenvalue weighted by molar-refractivity contribution is -0.121. The number of amides is 1. The molecule has 1 N–H and O–H groups in total. The van der Waals surface area contributed by atoms with Crippen LogP contribution in [-0.2, 0) is 11.2 Å². The zero-order chi connectivity index (χ0) is 13.1. The Morgan fingerprint density at radius 3 is 2.83 bits per heavy atom. The number of carbonyl (C=O) groups is 1. The molecule has 0 saturated heterocycles. The van der Waals surface area contributed by atoms with Gasteiger partial charge in [-0.2, -0.15) is 0 Å². The Bertz CT molecular complexity index is 545. The number of furan rings is 1. The molecule has 1 atom stereocenters. The summed E-state index contributed by atoms with van der Waals surface area (Å²) in [5.74, 6) is 1.58. The molecule has 0 fully saturated rings. The van der Waals surface area contributed by atoms with Gasteiger partial charge >= 0.3 is 0 Å². The first-order valence-electron chi connectivity index (χ1n) is 5.81. The van der Waals surface area contributed by atoms with Crippen molar-refractivity contribution in [2.45, 2.75) is 33.2 Å². The van der Waals surface area contributed by atoms with Gasteiger partial charge in [0.1, 0.15) is 11.5 Å². The maximum Gasteiger partial charge on any atom is 0.226 e. The fraction of sp³-hybridized carbons (Fsp3) is 0.385. The first-order chi connectivity index (χ1) is 8.54. The van der Waals surface area contributed by atoms with Crippen molar-refractivity contribution < 1.29 is 9.21 Å². The minimum absolute atomic E-state index is 0.0400. The molecule has 1 amide bonds. The molecule has 0 aliphatic carbocycles. The van der Waals surface area contributed by atoms with Crippen LogP contribution < -0.4 is 5.32 Å². The van der Waals surface area contributed by atoms with Gasteiger partial charge in [-0.1, -0.05) is 0 Å². The summed E-state index contributed by atoms with van der Waals surface area (Å²) in [6.45, 7) is 5.72. The second-order valence-electron chi connectivity index (χ2n) is 4.27. The molecule has 0 radical (unpaired) electrons. The smallest absolute Gasteiger partial charge is 0.226 e. The Balaban J connectivity index is 1.91. The van der Waals surface area contributed by atoms with Gasteiger partial charge in [0.25, 0.3) is 0 Å². The number of hydrogen-bond donors (Lipinski definition) is 1. The standard InChI is InChI=1S/C13H16N2O2S/c1-8-4-5-12(17-8)9(2)14-13(16)6-11-7-18-10(3)15-11/h4-5,7,9H,6H2,1-3H3,(H,14,16)/t9-/m1/s1. The topological polar surface area (TPSA) is 55.1 Å². The number of nitrogens with one attached hydrogen (secondary N) is 1. The van der Waals surface area contributed by atoms with Crippen LogP contribution in [0, 0.1) is 13.8 Å². The Labute approximate surface area is 110 Å². The number of aryl methyl sites for hydroxylation is 2. The van der Waals surface area contributed by atoms with Crippen LogP contribution in [0.2, 0.25) is 0 Å². The van der Waals surface area contributed by atoms with E-state index in [1.165, 1.54) is 0 Å². The van der Waals surface area contributed by atoms with Gasteiger partial charge in [0.15, 0.2) is 0 Å². The maximum absolute atomic E-state index is 11.8. The van der Waals surface area contributed by atoms with Crippen molar-refractivity contribution in [1.82, 2.24) is 10.3 Å². The molecule has 2 aromatic heterocycles. The number of hydrogen-bond acceptors (Lipinski definition) is 4. The highest BCUT2D eigenvalue weighted by Crippen LogP contribution is 2.16. The quantitative estimate of drug-likeness (QED) is 0.923. The predicted octanol–water partition coefficient (Wildman–Crippen LogP) is 2.77. The fourth-order valence-electron chi connectivity index (χ4n) is 1.70. The van der Waals surface area contributed by atoms with E-state index < -0.39 is 0 Å². The molecule has 5 heteroatoms. The molecule has 2 rings (SSSR count). The highest BCUT2D eigenvalue weighted by molar-refractivity contribution is 7.09. The van der Waals surface area contributed by atoms with Crippen molar-refractivity contribution >= 4 is 17.2 Å². The minimum Gasteiger partial charge on any atom is -0.464 e. The summed E-state index contributed by atoms with van der Waals surface area (Å²) >= 11 is 1.56. The lowest BCUT2D eigenvalue weighted by Crippen LogP contribution is -2.27. The molecule has 96 valence electrons. The normalized spacial score (nSPS) is 12.4. The zero-order valence-electron chi connectivity index (χ0n) is 10.7. The van der Waals surface area contributed by atoms with E-state index >= 15 is 0 Å². The third kappa shape index (κ3) is 3.20. The van der Waals surface area contributed by atoms with Crippen LogP contribution in [0.15, 0.2) is 21.9 Å². The Hall–Kier alpha value is -1.62. The van der Waals surface area contributed by atoms with Crippen LogP contribution in [-0.4, -0.2) is 10.9 Å². The third-order valence-corrected chi connectivity index (χ3v) is 3.40. The summed E-state index contributed by atoms with van der Waals surface area (Å²) in [6, 6.07) is 3.65. The third-order valence-electron chi connectivity index (χ3n) is 2.57. The monoisotopic (exact) mass is 264 g/mol. The van der Waals surface area contributed by atoms with Gasteiger partial charge in [0.05, 0.1) is 23.2 Å². The summed E-state index contributed by atoms with van der Waals surface area (Å²) in [5.41, 5.74) is 0.817. The molecule has 0 aromatic carbocycles. The molecule has 0 spiro atoms. The van der Waals surface area contributed by atoms with Gasteiger partial charge in [-0.25, -0.2) is 4.98 Å². The van der Waals surface area contributed by atoms with Crippen LogP contribution in [0.3, 0.4) is 0 Å². The number of aromatic nitrogens is 1. The molecule has 0 aliphatic heterocycles. The summed E-state index contributed by atoms with van der Waals surface area (Å²) < 4.78 is 5.47. The summed E-state index contributed by atoms with van der Waals surface area (Å²) in [6.07, 6.45) is 0.314. The van der Waals surface area contributed by atoms with Crippen LogP contribution >= 0.6 is 11.3 Å². The summed E-state index contributed by atoms with van der Waals surface area (Å²) in [4.78, 5) is 16.1. The van der Waals surface area contributed by atoms with Gasteiger partial charge < -0.3 is 9.73 Å². The van der Waals surface area contributed by atoms with E-state index in [2.05, 4.69) is 10.3 Å². The van der Waals surface area contributed by atoms with Crippen molar-refractivity contribution in [2.75, 3.05) is 0 Å². The molecular weight excluding hydrogens is 248 g/mol. The molecule has 18 heavy (non-hydrogen) atoms. The highest BCUT2D eigenvalue weighted by atomic mass is 32.1. The van der Waals surface area contributed by atoms with Crippen LogP contribution in [0.25, 0.3) is 0 Å². The Morgan fingerprint density at radius 1 is 1.50 bits per heavy atom. The average molecular weight is 264 g/mol. The van der Waals surface area contributed by atoms with Crippen LogP contribution in [0.4, 0.5) is 0 Å². The predicted molar refractivity (Wildman–Crippen MR) is 70.6 cm³/mol. The van der Waals surface area contributed by atoms with Gasteiger partial charge in [-0.15, -0.1) is 11.3 Å². The second kappa shape index (κ2) is 5.35. The van der Waals surface area contributed by atoms with Gasteiger partial charge in [-0.05, 0) is 32.9 Å². The minimum atomic E-state index is -0.120. The number of carbonyl (C=O) groups excluding carboxylic acids is 1. The van der Waals surface area contributed by atoms with Crippen molar-refractivity contribution in [1.29, 1.82) is 0 Å². The maximum atomic E-state index is 11.8. The average Bonchev–Trinajstić information content (AvgIpc) is 2.87. The van der Waals surface area contributed by atoms with Crippen molar-refractivity contribution in [3.05, 3.63) is 39.7 Å². The molecule has 0 bridgehead atoms. The number of rotatable bonds is 4. The first-order valence-corrected chi connectivity index (χ1v) is 6.69. The number of nitrogens with zero attached hydrogens (tertiary/aromatic N) is 1. The van der Waals surface area contributed by atoms with Crippen molar-refractivity contribution in [3.8, 4) is 0 Å². The Morgan fingerprint density at radius 2 is 2.28 bits per heavy atom. The fourth-order valence-corrected chi connectivity index (χ4v) is 2.32. The molecule has 2 heterocycles. The van der Waals surface area contributed by atoms with Gasteiger partial charge in [-0.3, -0.25) is 4.79 Å². The van der Waals surface area contributed by atoms with Crippen LogP contribution in [0.5, 0.6) is 0 Å². The summed E-state index contributed by atoms with van der Waals surface area (Å²) in [5, 5.41) is 5.79. The summed E-state index contributed by atoms with van der Waals surface area (Å²) in [7, 11) is 0. The van der Waals surface area contributed by atoms with E-state index in [1.807, 2.05) is 38.3 Å². The molecular formula is C13H16N2O2S. The largest absolute Gasteiger partial charge is 0.464 e. The SMILES string of the molecule is Cc1ccc([C@@H](C)NC(=O)Cc2csc(C)n2)o1. The lowest BCUT2D eigenvalue weighted by Gasteiger charge is -2.10. The van der Waals surface area contributed by atoms with E-state index in [0.717, 1.165) is 22.2 Å². The molecule has 2 aromatic rings. The van der Waals surface area contributed by atoms with Crippen LogP contribution in [0.1, 0.15) is 35.2 Å². The molecule has 0 unspecified atom stereocenters. The van der Waals surface area contributed by atoms with E-state index in [4.69, 9.17) is 4.42 Å². The Kier molecular flexibility index (Phi) is 3.81. The molecule has 0 saturated carbocycles. The zero-order valence-corrected chi connectivity index (χ0v) is 11.5. The number of thiazole rings is 1. The van der Waals surface area contributed by atoms with E-state index in [-0.39, 0.29) is 11.9 Å². The second-order valence-corrected chi connectivity index (χ2v) is 5.33. The van der Waals surface area contributed by atoms with Gasteiger partial charge in [0.2, 0.25) is 5.91 Å². The van der Waals surface area contributed by atoms with E-state index in [9.17, 15) is 4.79 Å². The van der Waals surface area contributed by atoms with E-state index in [1.54, 1.807) is 11.3 Å². The first kappa shape index (κ1) is 12.8. The van der Waals surface area contributed by atoms with Crippen molar-refractivity contribution in [3.63, 3.8) is 0 Å². The molecule has 0 aliphatic rings. The highest BCUT2D eigenvalue weighted by Gasteiger charge is 2.13. The van der Waals surface area contributed by atoms with Gasteiger partial charge in [0, 0.05) is 5.38 Å². The lowest BCUT2D eigenvalue weighted by atomic mass is 10.2. The van der Waals surface area contributed by atoms with E-state index in [0.29, 0.717) is 6.42 Å². The van der Waals surface area contributed by atoms with Crippen molar-refractivity contribution in [2.24, 2.45) is 0 Å².